The fourth-order valence-corrected chi connectivity index (χ4v) is 1.51. The Morgan fingerprint density at radius 1 is 1.00 bits per heavy atom. The van der Waals surface area contributed by atoms with Crippen molar-refractivity contribution < 1.29 is 4.79 Å². The van der Waals surface area contributed by atoms with Crippen LogP contribution in [0.25, 0.3) is 0 Å². The van der Waals surface area contributed by atoms with Crippen LogP contribution >= 0.6 is 0 Å². The molecule has 0 aromatic carbocycles. The SMILES string of the molecule is CCC(=O)CCCCCCCCNC. The zero-order valence-corrected chi connectivity index (χ0v) is 9.77. The molecule has 0 heterocycles. The Kier molecular flexibility index (Phi) is 10.4. The fraction of sp³-hybridized carbons (Fsp3) is 0.917. The normalized spacial score (nSPS) is 10.4. The minimum atomic E-state index is 0.417. The van der Waals surface area contributed by atoms with Crippen molar-refractivity contribution in [2.45, 2.75) is 58.3 Å². The summed E-state index contributed by atoms with van der Waals surface area (Å²) in [4.78, 5) is 11.0. The van der Waals surface area contributed by atoms with Crippen LogP contribution in [-0.4, -0.2) is 19.4 Å². The number of nitrogens with one attached hydrogen (secondary N) is 1. The average Bonchev–Trinajstić information content (AvgIpc) is 2.21. The van der Waals surface area contributed by atoms with E-state index in [-0.39, 0.29) is 0 Å². The molecule has 0 atom stereocenters. The Morgan fingerprint density at radius 3 is 2.14 bits per heavy atom. The van der Waals surface area contributed by atoms with Gasteiger partial charge in [0.25, 0.3) is 0 Å². The van der Waals surface area contributed by atoms with Crippen molar-refractivity contribution in [3.05, 3.63) is 0 Å². The topological polar surface area (TPSA) is 29.1 Å². The first-order valence-corrected chi connectivity index (χ1v) is 5.97. The second-order valence-corrected chi connectivity index (χ2v) is 3.87. The maximum atomic E-state index is 11.0. The molecule has 0 aromatic rings. The fourth-order valence-electron chi connectivity index (χ4n) is 1.51. The predicted molar refractivity (Wildman–Crippen MR) is 61.5 cm³/mol. The summed E-state index contributed by atoms with van der Waals surface area (Å²) in [6, 6.07) is 0. The van der Waals surface area contributed by atoms with Gasteiger partial charge in [-0.05, 0) is 26.4 Å². The number of carbonyl (C=O) groups excluding carboxylic acids is 1. The molecule has 0 bridgehead atoms. The van der Waals surface area contributed by atoms with Crippen molar-refractivity contribution in [1.29, 1.82) is 0 Å². The van der Waals surface area contributed by atoms with E-state index in [9.17, 15) is 4.79 Å². The van der Waals surface area contributed by atoms with Gasteiger partial charge in [-0.25, -0.2) is 0 Å². The van der Waals surface area contributed by atoms with E-state index in [1.807, 2.05) is 14.0 Å². The highest BCUT2D eigenvalue weighted by atomic mass is 16.1. The summed E-state index contributed by atoms with van der Waals surface area (Å²) in [6.45, 7) is 3.08. The second-order valence-electron chi connectivity index (χ2n) is 3.87. The molecule has 0 radical (unpaired) electrons. The number of Topliss-reactive ketones (excluding diaryl/α,β-unsaturated/α-hetero) is 1. The van der Waals surface area contributed by atoms with Gasteiger partial charge in [0.1, 0.15) is 5.78 Å². The summed E-state index contributed by atoms with van der Waals surface area (Å²) >= 11 is 0. The molecule has 0 aromatic heterocycles. The number of hydrogen-bond donors (Lipinski definition) is 1. The highest BCUT2D eigenvalue weighted by molar-refractivity contribution is 5.77. The smallest absolute Gasteiger partial charge is 0.132 e. The number of hydrogen-bond acceptors (Lipinski definition) is 2. The standard InChI is InChI=1S/C12H25NO/c1-3-12(14)10-8-6-4-5-7-9-11-13-2/h13H,3-11H2,1-2H3. The van der Waals surface area contributed by atoms with E-state index in [1.54, 1.807) is 0 Å². The summed E-state index contributed by atoms with van der Waals surface area (Å²) in [5, 5.41) is 3.15. The van der Waals surface area contributed by atoms with Gasteiger partial charge < -0.3 is 5.32 Å². The molecule has 0 rings (SSSR count). The maximum absolute atomic E-state index is 11.0. The Hall–Kier alpha value is -0.370. The summed E-state index contributed by atoms with van der Waals surface area (Å²) in [5.41, 5.74) is 0. The molecule has 0 unspecified atom stereocenters. The molecule has 0 amide bonds. The molecular weight excluding hydrogens is 174 g/mol. The van der Waals surface area contributed by atoms with E-state index >= 15 is 0 Å². The molecule has 2 nitrogen and oxygen atoms in total. The van der Waals surface area contributed by atoms with Gasteiger partial charge in [-0.2, -0.15) is 0 Å². The van der Waals surface area contributed by atoms with Crippen molar-refractivity contribution in [2.75, 3.05) is 13.6 Å². The number of carbonyl (C=O) groups is 1. The maximum Gasteiger partial charge on any atom is 0.132 e. The van der Waals surface area contributed by atoms with Crippen LogP contribution in [0.2, 0.25) is 0 Å². The minimum absolute atomic E-state index is 0.417. The van der Waals surface area contributed by atoms with Crippen LogP contribution < -0.4 is 5.32 Å². The van der Waals surface area contributed by atoms with E-state index in [2.05, 4.69) is 5.32 Å². The van der Waals surface area contributed by atoms with Gasteiger partial charge in [0.15, 0.2) is 0 Å². The van der Waals surface area contributed by atoms with Crippen molar-refractivity contribution >= 4 is 5.78 Å². The third-order valence-electron chi connectivity index (χ3n) is 2.53. The molecule has 0 fully saturated rings. The van der Waals surface area contributed by atoms with Gasteiger partial charge in [0.2, 0.25) is 0 Å². The van der Waals surface area contributed by atoms with Crippen LogP contribution in [-0.2, 0) is 4.79 Å². The van der Waals surface area contributed by atoms with Crippen LogP contribution in [0, 0.1) is 0 Å². The highest BCUT2D eigenvalue weighted by Gasteiger charge is 1.97. The van der Waals surface area contributed by atoms with Crippen LogP contribution in [0.5, 0.6) is 0 Å². The van der Waals surface area contributed by atoms with E-state index < -0.39 is 0 Å². The van der Waals surface area contributed by atoms with Gasteiger partial charge in [-0.15, -0.1) is 0 Å². The van der Waals surface area contributed by atoms with Crippen molar-refractivity contribution in [2.24, 2.45) is 0 Å². The van der Waals surface area contributed by atoms with Crippen molar-refractivity contribution in [3.63, 3.8) is 0 Å². The van der Waals surface area contributed by atoms with Gasteiger partial charge in [-0.3, -0.25) is 4.79 Å². The third-order valence-corrected chi connectivity index (χ3v) is 2.53. The van der Waals surface area contributed by atoms with Crippen molar-refractivity contribution in [3.8, 4) is 0 Å². The second kappa shape index (κ2) is 10.7. The van der Waals surface area contributed by atoms with E-state index in [4.69, 9.17) is 0 Å². The summed E-state index contributed by atoms with van der Waals surface area (Å²) in [7, 11) is 2.00. The molecular formula is C12H25NO. The van der Waals surface area contributed by atoms with Crippen LogP contribution in [0.4, 0.5) is 0 Å². The van der Waals surface area contributed by atoms with E-state index in [0.29, 0.717) is 12.2 Å². The minimum Gasteiger partial charge on any atom is -0.320 e. The molecule has 0 saturated carbocycles. The highest BCUT2D eigenvalue weighted by Crippen LogP contribution is 2.07. The van der Waals surface area contributed by atoms with E-state index in [1.165, 1.54) is 32.1 Å². The zero-order chi connectivity index (χ0) is 10.6. The number of unbranched alkanes of at least 4 members (excludes halogenated alkanes) is 5. The van der Waals surface area contributed by atoms with Gasteiger partial charge in [0.05, 0.1) is 0 Å². The molecule has 2 heteroatoms. The zero-order valence-electron chi connectivity index (χ0n) is 9.77. The molecule has 0 saturated heterocycles. The largest absolute Gasteiger partial charge is 0.320 e. The number of rotatable bonds is 10. The average molecular weight is 199 g/mol. The molecule has 0 aliphatic heterocycles. The van der Waals surface area contributed by atoms with Crippen molar-refractivity contribution in [1.82, 2.24) is 5.32 Å². The molecule has 0 aliphatic rings. The van der Waals surface area contributed by atoms with Gasteiger partial charge >= 0.3 is 0 Å². The van der Waals surface area contributed by atoms with Crippen LogP contribution in [0.1, 0.15) is 58.3 Å². The van der Waals surface area contributed by atoms with E-state index in [0.717, 1.165) is 19.4 Å². The first kappa shape index (κ1) is 13.6. The molecule has 14 heavy (non-hydrogen) atoms. The summed E-state index contributed by atoms with van der Waals surface area (Å²) < 4.78 is 0. The quantitative estimate of drug-likeness (QED) is 0.548. The van der Waals surface area contributed by atoms with Gasteiger partial charge in [0, 0.05) is 12.8 Å². The first-order valence-electron chi connectivity index (χ1n) is 5.97. The first-order chi connectivity index (χ1) is 6.81. The van der Waals surface area contributed by atoms with Crippen LogP contribution in [0.3, 0.4) is 0 Å². The Morgan fingerprint density at radius 2 is 1.57 bits per heavy atom. The predicted octanol–water partition coefficient (Wildman–Crippen LogP) is 2.92. The lowest BCUT2D eigenvalue weighted by molar-refractivity contribution is -0.118. The van der Waals surface area contributed by atoms with Gasteiger partial charge in [-0.1, -0.05) is 32.6 Å². The Bertz CT molecular complexity index is 134. The lowest BCUT2D eigenvalue weighted by Crippen LogP contribution is -2.06. The molecule has 1 N–H and O–H groups in total. The number of ketones is 1. The molecule has 0 aliphatic carbocycles. The molecule has 0 spiro atoms. The lowest BCUT2D eigenvalue weighted by Gasteiger charge is -2.01. The Labute approximate surface area is 88.5 Å². The third kappa shape index (κ3) is 9.72. The lowest BCUT2D eigenvalue weighted by atomic mass is 10.1. The Balaban J connectivity index is 2.95. The van der Waals surface area contributed by atoms with Crippen LogP contribution in [0.15, 0.2) is 0 Å². The molecule has 84 valence electrons. The summed E-state index contributed by atoms with van der Waals surface area (Å²) in [5.74, 6) is 0.417. The monoisotopic (exact) mass is 199 g/mol. The summed E-state index contributed by atoms with van der Waals surface area (Å²) in [6.07, 6.45) is 9.05.